The minimum atomic E-state index is -0.824. The number of morpholine rings is 1. The molecule has 2 saturated heterocycles. The summed E-state index contributed by atoms with van der Waals surface area (Å²) < 4.78 is 11.4. The fourth-order valence-electron chi connectivity index (χ4n) is 4.20. The molecule has 4 rings (SSSR count). The number of aliphatic hydroxyl groups is 1. The Morgan fingerprint density at radius 3 is 2.60 bits per heavy atom. The van der Waals surface area contributed by atoms with E-state index in [0.717, 1.165) is 25.2 Å². The second kappa shape index (κ2) is 11.6. The molecule has 2 aliphatic heterocycles. The maximum absolute atomic E-state index is 13.2. The van der Waals surface area contributed by atoms with Crippen LogP contribution in [-0.4, -0.2) is 73.5 Å². The molecule has 188 valence electrons. The van der Waals surface area contributed by atoms with Gasteiger partial charge >= 0.3 is 6.03 Å². The van der Waals surface area contributed by atoms with Gasteiger partial charge in [0.1, 0.15) is 11.8 Å². The highest BCUT2D eigenvalue weighted by Gasteiger charge is 2.39. The highest BCUT2D eigenvalue weighted by atomic mass is 35.5. The summed E-state index contributed by atoms with van der Waals surface area (Å²) in [5.41, 5.74) is 2.08. The Kier molecular flexibility index (Phi) is 8.33. The standard InChI is InChI=1S/C25H31ClN4O5/c1-2-11-35-23-14-19(29-9-12-34-13-10-29)7-8-21(23)28-24(32)22-15-20(31)16-30(22)25(33)27-18-5-3-17(26)4-6-18/h3-8,14,20,22,31H,2,9-13,15-16H2,1H3,(H,27,33)(H,28,32)/t20-,22-/m1/s1. The lowest BCUT2D eigenvalue weighted by molar-refractivity contribution is -0.119. The number of nitrogens with one attached hydrogen (secondary N) is 2. The van der Waals surface area contributed by atoms with Crippen LogP contribution in [-0.2, 0) is 9.53 Å². The molecular weight excluding hydrogens is 472 g/mol. The van der Waals surface area contributed by atoms with Crippen LogP contribution >= 0.6 is 11.6 Å². The van der Waals surface area contributed by atoms with Crippen LogP contribution in [0.5, 0.6) is 5.75 Å². The number of urea groups is 1. The smallest absolute Gasteiger partial charge is 0.322 e. The minimum Gasteiger partial charge on any atom is -0.491 e. The van der Waals surface area contributed by atoms with Crippen LogP contribution in [0.3, 0.4) is 0 Å². The van der Waals surface area contributed by atoms with E-state index in [4.69, 9.17) is 21.1 Å². The van der Waals surface area contributed by atoms with Crippen LogP contribution in [0.2, 0.25) is 5.02 Å². The second-order valence-corrected chi connectivity index (χ2v) is 9.05. The number of carbonyl (C=O) groups excluding carboxylic acids is 2. The van der Waals surface area contributed by atoms with Crippen LogP contribution in [0.1, 0.15) is 19.8 Å². The summed E-state index contributed by atoms with van der Waals surface area (Å²) in [5, 5.41) is 16.5. The number of rotatable bonds is 7. The van der Waals surface area contributed by atoms with E-state index in [9.17, 15) is 14.7 Å². The number of carbonyl (C=O) groups is 2. The second-order valence-electron chi connectivity index (χ2n) is 8.61. The van der Waals surface area contributed by atoms with Crippen LogP contribution < -0.4 is 20.3 Å². The Morgan fingerprint density at radius 1 is 1.14 bits per heavy atom. The van der Waals surface area contributed by atoms with Crippen molar-refractivity contribution in [1.82, 2.24) is 4.90 Å². The van der Waals surface area contributed by atoms with Gasteiger partial charge in [0.05, 0.1) is 31.6 Å². The summed E-state index contributed by atoms with van der Waals surface area (Å²) >= 11 is 5.91. The van der Waals surface area contributed by atoms with Gasteiger partial charge in [-0.15, -0.1) is 0 Å². The van der Waals surface area contributed by atoms with Crippen molar-refractivity contribution in [3.05, 3.63) is 47.5 Å². The van der Waals surface area contributed by atoms with Crippen molar-refractivity contribution in [3.63, 3.8) is 0 Å². The van der Waals surface area contributed by atoms with Gasteiger partial charge in [-0.1, -0.05) is 18.5 Å². The molecule has 2 aromatic carbocycles. The molecule has 0 bridgehead atoms. The third kappa shape index (κ3) is 6.36. The van der Waals surface area contributed by atoms with Gasteiger partial charge in [0.2, 0.25) is 5.91 Å². The molecule has 0 aromatic heterocycles. The highest BCUT2D eigenvalue weighted by Crippen LogP contribution is 2.32. The predicted octanol–water partition coefficient (Wildman–Crippen LogP) is 3.57. The van der Waals surface area contributed by atoms with Crippen LogP contribution in [0, 0.1) is 0 Å². The Morgan fingerprint density at radius 2 is 1.89 bits per heavy atom. The van der Waals surface area contributed by atoms with Crippen LogP contribution in [0.15, 0.2) is 42.5 Å². The molecule has 2 atom stereocenters. The van der Waals surface area contributed by atoms with Crippen molar-refractivity contribution in [1.29, 1.82) is 0 Å². The first-order valence-corrected chi connectivity index (χ1v) is 12.2. The molecule has 2 fully saturated rings. The topological polar surface area (TPSA) is 103 Å². The van der Waals surface area contributed by atoms with Gasteiger partial charge in [-0.3, -0.25) is 4.79 Å². The maximum atomic E-state index is 13.2. The number of hydrogen-bond donors (Lipinski definition) is 3. The van der Waals surface area contributed by atoms with E-state index in [2.05, 4.69) is 15.5 Å². The van der Waals surface area contributed by atoms with E-state index in [-0.39, 0.29) is 18.9 Å². The van der Waals surface area contributed by atoms with Crippen LogP contribution in [0.4, 0.5) is 21.9 Å². The zero-order valence-corrected chi connectivity index (χ0v) is 20.5. The molecule has 0 saturated carbocycles. The molecule has 0 radical (unpaired) electrons. The summed E-state index contributed by atoms with van der Waals surface area (Å²) in [6.45, 7) is 5.50. The van der Waals surface area contributed by atoms with E-state index < -0.39 is 18.2 Å². The van der Waals surface area contributed by atoms with Crippen molar-refractivity contribution < 1.29 is 24.2 Å². The lowest BCUT2D eigenvalue weighted by Gasteiger charge is -2.29. The number of likely N-dealkylation sites (tertiary alicyclic amines) is 1. The van der Waals surface area contributed by atoms with E-state index in [1.807, 2.05) is 25.1 Å². The fourth-order valence-corrected chi connectivity index (χ4v) is 4.32. The number of amides is 3. The van der Waals surface area contributed by atoms with E-state index >= 15 is 0 Å². The zero-order chi connectivity index (χ0) is 24.8. The molecular formula is C25H31ClN4O5. The van der Waals surface area contributed by atoms with Gasteiger partial charge in [0, 0.05) is 48.5 Å². The summed E-state index contributed by atoms with van der Waals surface area (Å²) in [7, 11) is 0. The lowest BCUT2D eigenvalue weighted by Crippen LogP contribution is -2.45. The number of benzene rings is 2. The van der Waals surface area contributed by atoms with Crippen molar-refractivity contribution in [2.45, 2.75) is 31.9 Å². The van der Waals surface area contributed by atoms with Gasteiger partial charge in [-0.05, 0) is 42.8 Å². The molecule has 2 aromatic rings. The Bertz CT molecular complexity index is 1030. The predicted molar refractivity (Wildman–Crippen MR) is 135 cm³/mol. The molecule has 2 aliphatic rings. The van der Waals surface area contributed by atoms with E-state index in [0.29, 0.717) is 42.0 Å². The lowest BCUT2D eigenvalue weighted by atomic mass is 10.1. The number of nitrogens with zero attached hydrogens (tertiary/aromatic N) is 2. The molecule has 3 N–H and O–H groups in total. The monoisotopic (exact) mass is 502 g/mol. The fraction of sp³-hybridized carbons (Fsp3) is 0.440. The largest absolute Gasteiger partial charge is 0.491 e. The Balaban J connectivity index is 1.48. The third-order valence-electron chi connectivity index (χ3n) is 6.00. The molecule has 0 unspecified atom stereocenters. The number of ether oxygens (including phenoxy) is 2. The average Bonchev–Trinajstić information content (AvgIpc) is 3.27. The molecule has 10 heteroatoms. The van der Waals surface area contributed by atoms with Crippen LogP contribution in [0.25, 0.3) is 0 Å². The number of aliphatic hydroxyl groups excluding tert-OH is 1. The first kappa shape index (κ1) is 25.1. The quantitative estimate of drug-likeness (QED) is 0.535. The van der Waals surface area contributed by atoms with Gasteiger partial charge in [-0.2, -0.15) is 0 Å². The van der Waals surface area contributed by atoms with Gasteiger partial charge in [0.15, 0.2) is 0 Å². The van der Waals surface area contributed by atoms with Crippen molar-refractivity contribution in [3.8, 4) is 5.75 Å². The summed E-state index contributed by atoms with van der Waals surface area (Å²) in [6.07, 6.45) is 0.181. The van der Waals surface area contributed by atoms with Gasteiger partial charge in [0.25, 0.3) is 0 Å². The molecule has 9 nitrogen and oxygen atoms in total. The first-order chi connectivity index (χ1) is 16.9. The Labute approximate surface area is 209 Å². The zero-order valence-electron chi connectivity index (χ0n) is 19.7. The number of halogens is 1. The average molecular weight is 503 g/mol. The number of hydrogen-bond acceptors (Lipinski definition) is 6. The van der Waals surface area contributed by atoms with E-state index in [1.54, 1.807) is 24.3 Å². The highest BCUT2D eigenvalue weighted by molar-refractivity contribution is 6.30. The number of anilines is 3. The summed E-state index contributed by atoms with van der Waals surface area (Å²) in [5.74, 6) is 0.188. The Hall–Kier alpha value is -3.01. The van der Waals surface area contributed by atoms with E-state index in [1.165, 1.54) is 4.90 Å². The number of β-amino-alcohol motifs (C(OH)–C–C–N with tert-alkyl or cyclic N) is 1. The van der Waals surface area contributed by atoms with Crippen molar-refractivity contribution in [2.75, 3.05) is 55.0 Å². The van der Waals surface area contributed by atoms with Gasteiger partial charge in [-0.25, -0.2) is 4.79 Å². The third-order valence-corrected chi connectivity index (χ3v) is 6.25. The molecule has 0 spiro atoms. The van der Waals surface area contributed by atoms with Crippen molar-refractivity contribution >= 4 is 40.6 Å². The summed E-state index contributed by atoms with van der Waals surface area (Å²) in [6, 6.07) is 11.1. The normalized spacial score (nSPS) is 20.0. The molecule has 3 amide bonds. The molecule has 35 heavy (non-hydrogen) atoms. The summed E-state index contributed by atoms with van der Waals surface area (Å²) in [4.78, 5) is 29.7. The molecule has 2 heterocycles. The molecule has 0 aliphatic carbocycles. The minimum absolute atomic E-state index is 0.0622. The van der Waals surface area contributed by atoms with Crippen molar-refractivity contribution in [2.24, 2.45) is 0 Å². The SMILES string of the molecule is CCCOc1cc(N2CCOCC2)ccc1NC(=O)[C@H]1C[C@@H](O)CN1C(=O)Nc1ccc(Cl)cc1. The maximum Gasteiger partial charge on any atom is 0.322 e. The first-order valence-electron chi connectivity index (χ1n) is 11.9. The van der Waals surface area contributed by atoms with Gasteiger partial charge < -0.3 is 35.0 Å².